The lowest BCUT2D eigenvalue weighted by Crippen LogP contribution is -3.14. The van der Waals surface area contributed by atoms with Gasteiger partial charge in [0.2, 0.25) is 5.75 Å². The average molecular weight is 430 g/mol. The molecule has 0 spiro atoms. The number of methoxy groups -OCH3 is 3. The second kappa shape index (κ2) is 12.3. The van der Waals surface area contributed by atoms with Crippen molar-refractivity contribution in [2.45, 2.75) is 25.7 Å². The monoisotopic (exact) mass is 429 g/mol. The second-order valence-corrected chi connectivity index (χ2v) is 7.91. The minimum atomic E-state index is 0.682. The smallest absolute Gasteiger partial charge is 0.203 e. The third kappa shape index (κ3) is 6.44. The van der Waals surface area contributed by atoms with Crippen LogP contribution in [-0.2, 0) is 0 Å². The topological polar surface area (TPSA) is 44.6 Å². The number of hydrogen-bond donors (Lipinski definition) is 1. The van der Waals surface area contributed by atoms with E-state index in [1.165, 1.54) is 44.6 Å². The number of hydrogen-bond acceptors (Lipinski definition) is 5. The molecule has 1 heterocycles. The standard InChI is InChI=1S/C25H36N2O4/c1-28-22-12-7-6-11-21(22)27-18-16-26(17-19-27)15-8-4-5-9-20-31-25-23(29-2)13-10-14-24(25)30-3/h6-7,10-14H,4-5,8-9,15-20H2,1-3H3/p+1. The molecule has 1 N–H and O–H groups in total. The van der Waals surface area contributed by atoms with E-state index >= 15 is 0 Å². The molecular formula is C25H37N2O4+. The van der Waals surface area contributed by atoms with Gasteiger partial charge in [-0.2, -0.15) is 0 Å². The third-order valence-electron chi connectivity index (χ3n) is 5.95. The fourth-order valence-corrected chi connectivity index (χ4v) is 4.17. The number of ether oxygens (including phenoxy) is 4. The predicted molar refractivity (Wildman–Crippen MR) is 124 cm³/mol. The van der Waals surface area contributed by atoms with Crippen molar-refractivity contribution in [3.8, 4) is 23.0 Å². The Hall–Kier alpha value is -2.60. The van der Waals surface area contributed by atoms with Crippen LogP contribution in [0.3, 0.4) is 0 Å². The highest BCUT2D eigenvalue weighted by atomic mass is 16.5. The van der Waals surface area contributed by atoms with E-state index in [0.29, 0.717) is 12.4 Å². The van der Waals surface area contributed by atoms with Crippen molar-refractivity contribution < 1.29 is 23.8 Å². The highest BCUT2D eigenvalue weighted by molar-refractivity contribution is 5.58. The Morgan fingerprint density at radius 3 is 2.03 bits per heavy atom. The average Bonchev–Trinajstić information content (AvgIpc) is 2.83. The number of unbranched alkanes of at least 4 members (excludes halogenated alkanes) is 3. The minimum absolute atomic E-state index is 0.682. The molecule has 0 saturated carbocycles. The Morgan fingerprint density at radius 1 is 0.742 bits per heavy atom. The number of benzene rings is 2. The molecule has 2 aromatic carbocycles. The molecule has 0 aliphatic carbocycles. The Bertz CT molecular complexity index is 769. The van der Waals surface area contributed by atoms with Gasteiger partial charge in [0.15, 0.2) is 11.5 Å². The van der Waals surface area contributed by atoms with Crippen molar-refractivity contribution >= 4 is 5.69 Å². The number of nitrogens with zero attached hydrogens (tertiary/aromatic N) is 1. The molecule has 1 aliphatic heterocycles. The Labute approximate surface area is 186 Å². The number of rotatable bonds is 12. The number of quaternary nitrogens is 1. The first-order chi connectivity index (χ1) is 15.3. The van der Waals surface area contributed by atoms with Crippen molar-refractivity contribution in [1.29, 1.82) is 0 Å². The van der Waals surface area contributed by atoms with E-state index in [1.807, 2.05) is 30.3 Å². The van der Waals surface area contributed by atoms with Crippen LogP contribution < -0.4 is 28.7 Å². The highest BCUT2D eigenvalue weighted by Crippen LogP contribution is 2.36. The highest BCUT2D eigenvalue weighted by Gasteiger charge is 2.21. The number of anilines is 1. The van der Waals surface area contributed by atoms with E-state index in [9.17, 15) is 0 Å². The molecule has 0 amide bonds. The number of piperazine rings is 1. The molecule has 31 heavy (non-hydrogen) atoms. The van der Waals surface area contributed by atoms with Crippen LogP contribution in [-0.4, -0.2) is 60.7 Å². The molecule has 0 unspecified atom stereocenters. The molecule has 6 nitrogen and oxygen atoms in total. The van der Waals surface area contributed by atoms with Gasteiger partial charge in [-0.25, -0.2) is 0 Å². The zero-order valence-electron chi connectivity index (χ0n) is 19.2. The summed E-state index contributed by atoms with van der Waals surface area (Å²) in [5.41, 5.74) is 1.22. The van der Waals surface area contributed by atoms with E-state index in [4.69, 9.17) is 18.9 Å². The SMILES string of the molecule is COc1ccccc1N1CC[NH+](CCCCCCOc2c(OC)cccc2OC)CC1. The molecule has 0 bridgehead atoms. The first kappa shape index (κ1) is 23.1. The Kier molecular flexibility index (Phi) is 9.16. The van der Waals surface area contributed by atoms with Gasteiger partial charge in [0.1, 0.15) is 5.75 Å². The zero-order chi connectivity index (χ0) is 21.9. The molecule has 0 radical (unpaired) electrons. The largest absolute Gasteiger partial charge is 0.495 e. The van der Waals surface area contributed by atoms with E-state index in [1.54, 1.807) is 26.2 Å². The third-order valence-corrected chi connectivity index (χ3v) is 5.95. The van der Waals surface area contributed by atoms with E-state index < -0.39 is 0 Å². The molecule has 1 saturated heterocycles. The molecule has 1 aliphatic rings. The maximum absolute atomic E-state index is 5.95. The van der Waals surface area contributed by atoms with Gasteiger partial charge in [-0.3, -0.25) is 0 Å². The molecule has 0 atom stereocenters. The molecule has 2 aromatic rings. The quantitative estimate of drug-likeness (QED) is 0.526. The van der Waals surface area contributed by atoms with Gasteiger partial charge in [-0.05, 0) is 49.9 Å². The fourth-order valence-electron chi connectivity index (χ4n) is 4.17. The van der Waals surface area contributed by atoms with Crippen LogP contribution in [0.2, 0.25) is 0 Å². The van der Waals surface area contributed by atoms with Crippen molar-refractivity contribution in [2.24, 2.45) is 0 Å². The lowest BCUT2D eigenvalue weighted by atomic mass is 10.1. The Balaban J connectivity index is 1.30. The van der Waals surface area contributed by atoms with Gasteiger partial charge < -0.3 is 28.7 Å². The second-order valence-electron chi connectivity index (χ2n) is 7.91. The van der Waals surface area contributed by atoms with Gasteiger partial charge in [-0.1, -0.05) is 18.2 Å². The van der Waals surface area contributed by atoms with Gasteiger partial charge in [0, 0.05) is 0 Å². The summed E-state index contributed by atoms with van der Waals surface area (Å²) < 4.78 is 22.2. The number of para-hydroxylation sites is 3. The summed E-state index contributed by atoms with van der Waals surface area (Å²) in [6, 6.07) is 14.0. The van der Waals surface area contributed by atoms with Crippen LogP contribution in [0, 0.1) is 0 Å². The van der Waals surface area contributed by atoms with Gasteiger partial charge in [-0.15, -0.1) is 0 Å². The van der Waals surface area contributed by atoms with Gasteiger partial charge in [0.05, 0.1) is 66.3 Å². The first-order valence-electron chi connectivity index (χ1n) is 11.3. The van der Waals surface area contributed by atoms with Crippen LogP contribution in [0.5, 0.6) is 23.0 Å². The summed E-state index contributed by atoms with van der Waals surface area (Å²) >= 11 is 0. The maximum atomic E-state index is 5.95. The fraction of sp³-hybridized carbons (Fsp3) is 0.520. The summed E-state index contributed by atoms with van der Waals surface area (Å²) in [6.45, 7) is 6.49. The van der Waals surface area contributed by atoms with Gasteiger partial charge in [0.25, 0.3) is 0 Å². The van der Waals surface area contributed by atoms with Crippen molar-refractivity contribution in [1.82, 2.24) is 0 Å². The van der Waals surface area contributed by atoms with Crippen LogP contribution in [0.1, 0.15) is 25.7 Å². The van der Waals surface area contributed by atoms with Crippen molar-refractivity contribution in [2.75, 3.05) is 65.6 Å². The number of nitrogens with one attached hydrogen (secondary N) is 1. The van der Waals surface area contributed by atoms with Crippen molar-refractivity contribution in [3.63, 3.8) is 0 Å². The van der Waals surface area contributed by atoms with E-state index in [2.05, 4.69) is 17.0 Å². The zero-order valence-corrected chi connectivity index (χ0v) is 19.2. The van der Waals surface area contributed by atoms with Crippen molar-refractivity contribution in [3.05, 3.63) is 42.5 Å². The lowest BCUT2D eigenvalue weighted by molar-refractivity contribution is -0.900. The minimum Gasteiger partial charge on any atom is -0.495 e. The molecule has 170 valence electrons. The molecule has 3 rings (SSSR count). The normalized spacial score (nSPS) is 14.4. The van der Waals surface area contributed by atoms with Crippen LogP contribution in [0.25, 0.3) is 0 Å². The predicted octanol–water partition coefficient (Wildman–Crippen LogP) is 3.06. The summed E-state index contributed by atoms with van der Waals surface area (Å²) in [5, 5.41) is 0. The molecule has 1 fully saturated rings. The lowest BCUT2D eigenvalue weighted by Gasteiger charge is -2.34. The summed E-state index contributed by atoms with van der Waals surface area (Å²) in [4.78, 5) is 4.16. The van der Waals surface area contributed by atoms with Crippen LogP contribution in [0.4, 0.5) is 5.69 Å². The Morgan fingerprint density at radius 2 is 1.35 bits per heavy atom. The van der Waals surface area contributed by atoms with E-state index in [0.717, 1.165) is 36.8 Å². The summed E-state index contributed by atoms with van der Waals surface area (Å²) in [6.07, 6.45) is 4.73. The summed E-state index contributed by atoms with van der Waals surface area (Å²) in [7, 11) is 5.05. The summed E-state index contributed by atoms with van der Waals surface area (Å²) in [5.74, 6) is 3.11. The van der Waals surface area contributed by atoms with E-state index in [-0.39, 0.29) is 0 Å². The maximum Gasteiger partial charge on any atom is 0.203 e. The van der Waals surface area contributed by atoms with Crippen LogP contribution in [0.15, 0.2) is 42.5 Å². The van der Waals surface area contributed by atoms with Crippen LogP contribution >= 0.6 is 0 Å². The molecule has 0 aromatic heterocycles. The first-order valence-corrected chi connectivity index (χ1v) is 11.3. The van der Waals surface area contributed by atoms with Gasteiger partial charge >= 0.3 is 0 Å². The molecular weight excluding hydrogens is 392 g/mol. The molecule has 6 heteroatoms.